The largest absolute Gasteiger partial charge is 0.395 e. The monoisotopic (exact) mass is 421 g/mol. The van der Waals surface area contributed by atoms with Gasteiger partial charge in [-0.1, -0.05) is 11.6 Å². The summed E-state index contributed by atoms with van der Waals surface area (Å²) < 4.78 is 55.8. The molecular formula is C16H16ClF4N5O2. The topological polar surface area (TPSA) is 99.3 Å². The van der Waals surface area contributed by atoms with Crippen LogP contribution in [0.15, 0.2) is 15.7 Å². The average molecular weight is 422 g/mol. The molecule has 0 bridgehead atoms. The van der Waals surface area contributed by atoms with Crippen molar-refractivity contribution in [3.05, 3.63) is 37.7 Å². The molecule has 0 radical (unpaired) electrons. The lowest BCUT2D eigenvalue weighted by Crippen LogP contribution is -2.44. The third kappa shape index (κ3) is 2.75. The number of nitrogen functional groups attached to an aromatic ring is 1. The van der Waals surface area contributed by atoms with Crippen LogP contribution in [-0.4, -0.2) is 34.6 Å². The molecule has 2 atom stereocenters. The normalized spacial score (nSPS) is 23.0. The van der Waals surface area contributed by atoms with Gasteiger partial charge in [0.15, 0.2) is 0 Å². The van der Waals surface area contributed by atoms with Gasteiger partial charge in [-0.25, -0.2) is 9.18 Å². The van der Waals surface area contributed by atoms with Crippen molar-refractivity contribution in [3.63, 3.8) is 0 Å². The van der Waals surface area contributed by atoms with Crippen LogP contribution >= 0.6 is 11.6 Å². The Labute approximate surface area is 160 Å². The molecule has 2 heterocycles. The molecular weight excluding hydrogens is 406 g/mol. The number of aromatic nitrogens is 2. The van der Waals surface area contributed by atoms with Crippen molar-refractivity contribution in [2.24, 2.45) is 11.7 Å². The maximum Gasteiger partial charge on any atom is 0.395 e. The van der Waals surface area contributed by atoms with Crippen molar-refractivity contribution < 1.29 is 17.6 Å². The van der Waals surface area contributed by atoms with Gasteiger partial charge in [-0.05, 0) is 18.9 Å². The van der Waals surface area contributed by atoms with Gasteiger partial charge in [0, 0.05) is 25.2 Å². The van der Waals surface area contributed by atoms with Gasteiger partial charge in [0.25, 0.3) is 5.56 Å². The van der Waals surface area contributed by atoms with Crippen LogP contribution in [0.25, 0.3) is 10.9 Å². The van der Waals surface area contributed by atoms with Gasteiger partial charge in [-0.15, -0.1) is 0 Å². The Bertz CT molecular complexity index is 1090. The molecule has 1 aliphatic carbocycles. The van der Waals surface area contributed by atoms with Gasteiger partial charge in [0.1, 0.15) is 5.82 Å². The van der Waals surface area contributed by atoms with Crippen LogP contribution in [-0.2, 0) is 0 Å². The van der Waals surface area contributed by atoms with Gasteiger partial charge in [0.05, 0.1) is 27.5 Å². The number of hydrogen-bond donors (Lipinski definition) is 2. The van der Waals surface area contributed by atoms with E-state index in [0.29, 0.717) is 17.5 Å². The molecule has 1 aromatic heterocycles. The SMILES string of the molecule is N[C@@H]1CN(c2c(F)cc3c(=O)n(N)c(=O)n(C4CC4)c3c2Cl)C[C@H]1C(F)(F)F. The van der Waals surface area contributed by atoms with E-state index in [-0.39, 0.29) is 34.2 Å². The standard InChI is InChI=1S/C16H16ClF4N5O2/c17-11-12-7(14(27)26(23)15(28)25(12)6-1-2-6)3-9(18)13(11)24-4-8(10(22)5-24)16(19,20)21/h3,6,8,10H,1-2,4-5,22-23H2/t8-,10-/m1/s1. The summed E-state index contributed by atoms with van der Waals surface area (Å²) in [6.45, 7) is -0.845. The highest BCUT2D eigenvalue weighted by Crippen LogP contribution is 2.43. The molecule has 2 aromatic rings. The Morgan fingerprint density at radius 3 is 2.36 bits per heavy atom. The van der Waals surface area contributed by atoms with Crippen LogP contribution in [0.1, 0.15) is 18.9 Å². The predicted molar refractivity (Wildman–Crippen MR) is 95.6 cm³/mol. The van der Waals surface area contributed by atoms with Gasteiger partial charge >= 0.3 is 11.9 Å². The average Bonchev–Trinajstić information content (AvgIpc) is 3.35. The summed E-state index contributed by atoms with van der Waals surface area (Å²) in [6.07, 6.45) is -3.26. The van der Waals surface area contributed by atoms with Crippen LogP contribution in [0.4, 0.5) is 23.2 Å². The molecule has 28 heavy (non-hydrogen) atoms. The number of nitrogens with two attached hydrogens (primary N) is 2. The molecule has 0 unspecified atom stereocenters. The first-order valence-electron chi connectivity index (χ1n) is 8.54. The number of nitrogens with zero attached hydrogens (tertiary/aromatic N) is 3. The highest BCUT2D eigenvalue weighted by atomic mass is 35.5. The van der Waals surface area contributed by atoms with E-state index in [0.717, 1.165) is 11.0 Å². The van der Waals surface area contributed by atoms with E-state index in [1.54, 1.807) is 0 Å². The molecule has 0 spiro atoms. The highest BCUT2D eigenvalue weighted by Gasteiger charge is 2.49. The van der Waals surface area contributed by atoms with Gasteiger partial charge in [-0.3, -0.25) is 9.36 Å². The molecule has 0 amide bonds. The fourth-order valence-corrected chi connectivity index (χ4v) is 4.15. The molecule has 1 saturated carbocycles. The number of alkyl halides is 3. The number of rotatable bonds is 2. The zero-order valence-corrected chi connectivity index (χ0v) is 15.1. The van der Waals surface area contributed by atoms with Crippen LogP contribution in [0, 0.1) is 11.7 Å². The molecule has 1 saturated heterocycles. The second-order valence-corrected chi connectivity index (χ2v) is 7.57. The van der Waals surface area contributed by atoms with Crippen molar-refractivity contribution >= 4 is 28.2 Å². The van der Waals surface area contributed by atoms with Gasteiger partial charge in [-0.2, -0.15) is 17.8 Å². The molecule has 1 aliphatic heterocycles. The number of anilines is 1. The summed E-state index contributed by atoms with van der Waals surface area (Å²) in [4.78, 5) is 25.9. The lowest BCUT2D eigenvalue weighted by Gasteiger charge is -2.23. The molecule has 2 aliphatic rings. The molecule has 12 heteroatoms. The Balaban J connectivity index is 1.95. The van der Waals surface area contributed by atoms with E-state index < -0.39 is 41.7 Å². The minimum absolute atomic E-state index is 0.0266. The number of fused-ring (bicyclic) bond motifs is 1. The first-order valence-corrected chi connectivity index (χ1v) is 8.91. The quantitative estimate of drug-likeness (QED) is 0.563. The molecule has 152 valence electrons. The van der Waals surface area contributed by atoms with Crippen molar-refractivity contribution in [2.45, 2.75) is 31.1 Å². The van der Waals surface area contributed by atoms with Gasteiger partial charge < -0.3 is 16.5 Å². The Hall–Kier alpha value is -2.27. The van der Waals surface area contributed by atoms with Crippen LogP contribution in [0.3, 0.4) is 0 Å². The maximum absolute atomic E-state index is 14.8. The number of halogens is 5. The minimum Gasteiger partial charge on any atom is -0.366 e. The van der Waals surface area contributed by atoms with E-state index in [1.807, 2.05) is 0 Å². The summed E-state index contributed by atoms with van der Waals surface area (Å²) in [7, 11) is 0. The molecule has 1 aromatic carbocycles. The molecule has 4 rings (SSSR count). The number of benzene rings is 1. The summed E-state index contributed by atoms with van der Waals surface area (Å²) in [5.74, 6) is 2.69. The van der Waals surface area contributed by atoms with E-state index in [4.69, 9.17) is 23.2 Å². The molecule has 7 nitrogen and oxygen atoms in total. The summed E-state index contributed by atoms with van der Waals surface area (Å²) in [5.41, 5.74) is 3.53. The van der Waals surface area contributed by atoms with Crippen molar-refractivity contribution in [1.82, 2.24) is 9.24 Å². The third-order valence-electron chi connectivity index (χ3n) is 5.28. The fraction of sp³-hybridized carbons (Fsp3) is 0.500. The summed E-state index contributed by atoms with van der Waals surface area (Å²) in [5, 5.41) is -0.511. The lowest BCUT2D eigenvalue weighted by atomic mass is 10.0. The summed E-state index contributed by atoms with van der Waals surface area (Å²) in [6, 6.07) is -0.661. The Morgan fingerprint density at radius 2 is 1.82 bits per heavy atom. The second-order valence-electron chi connectivity index (χ2n) is 7.19. The van der Waals surface area contributed by atoms with E-state index >= 15 is 0 Å². The van der Waals surface area contributed by atoms with Crippen LogP contribution < -0.4 is 27.7 Å². The first-order chi connectivity index (χ1) is 13.0. The van der Waals surface area contributed by atoms with Crippen molar-refractivity contribution in [2.75, 3.05) is 23.8 Å². The van der Waals surface area contributed by atoms with E-state index in [9.17, 15) is 27.2 Å². The highest BCUT2D eigenvalue weighted by molar-refractivity contribution is 6.38. The third-order valence-corrected chi connectivity index (χ3v) is 5.64. The van der Waals surface area contributed by atoms with E-state index in [1.165, 1.54) is 4.57 Å². The Kier molecular flexibility index (Phi) is 4.16. The van der Waals surface area contributed by atoms with E-state index in [2.05, 4.69) is 0 Å². The smallest absolute Gasteiger partial charge is 0.366 e. The zero-order chi connectivity index (χ0) is 20.5. The molecule has 4 N–H and O–H groups in total. The first kappa shape index (κ1) is 19.1. The zero-order valence-electron chi connectivity index (χ0n) is 14.3. The lowest BCUT2D eigenvalue weighted by molar-refractivity contribution is -0.171. The van der Waals surface area contributed by atoms with Gasteiger partial charge in [0.2, 0.25) is 0 Å². The second kappa shape index (κ2) is 6.11. The molecule has 2 fully saturated rings. The van der Waals surface area contributed by atoms with Crippen LogP contribution in [0.2, 0.25) is 5.02 Å². The van der Waals surface area contributed by atoms with Crippen molar-refractivity contribution in [3.8, 4) is 0 Å². The minimum atomic E-state index is -4.54. The van der Waals surface area contributed by atoms with Crippen molar-refractivity contribution in [1.29, 1.82) is 0 Å². The summed E-state index contributed by atoms with van der Waals surface area (Å²) >= 11 is 6.36. The fourth-order valence-electron chi connectivity index (χ4n) is 3.74. The Morgan fingerprint density at radius 1 is 1.18 bits per heavy atom. The number of hydrogen-bond acceptors (Lipinski definition) is 5. The van der Waals surface area contributed by atoms with Crippen LogP contribution in [0.5, 0.6) is 0 Å². The predicted octanol–water partition coefficient (Wildman–Crippen LogP) is 1.33. The maximum atomic E-state index is 14.8.